The Morgan fingerprint density at radius 2 is 2.19 bits per heavy atom. The minimum absolute atomic E-state index is 0.372. The molecule has 1 aliphatic heterocycles. The minimum atomic E-state index is -0.419. The summed E-state index contributed by atoms with van der Waals surface area (Å²) in [6.45, 7) is 3.18. The zero-order valence-electron chi connectivity index (χ0n) is 12.2. The molecule has 1 aromatic carbocycles. The Morgan fingerprint density at radius 1 is 1.38 bits per heavy atom. The molecule has 5 nitrogen and oxygen atoms in total. The quantitative estimate of drug-likeness (QED) is 0.730. The van der Waals surface area contributed by atoms with Gasteiger partial charge in [-0.1, -0.05) is 0 Å². The fourth-order valence-corrected chi connectivity index (χ4v) is 2.77. The molecule has 0 spiro atoms. The number of hydrogen-bond acceptors (Lipinski definition) is 5. The van der Waals surface area contributed by atoms with Gasteiger partial charge in [0.15, 0.2) is 11.5 Å². The van der Waals surface area contributed by atoms with E-state index in [0.717, 1.165) is 41.0 Å². The van der Waals surface area contributed by atoms with Gasteiger partial charge in [-0.15, -0.1) is 0 Å². The molecule has 0 aliphatic carbocycles. The van der Waals surface area contributed by atoms with E-state index < -0.39 is 6.10 Å². The first-order chi connectivity index (χ1) is 10.2. The molecular formula is C15H22BrNO4. The maximum Gasteiger partial charge on any atom is 0.175 e. The van der Waals surface area contributed by atoms with E-state index in [4.69, 9.17) is 14.2 Å². The van der Waals surface area contributed by atoms with Crippen molar-refractivity contribution in [2.45, 2.75) is 25.5 Å². The van der Waals surface area contributed by atoms with Crippen LogP contribution in [0, 0.1) is 0 Å². The van der Waals surface area contributed by atoms with E-state index in [9.17, 15) is 5.11 Å². The Labute approximate surface area is 133 Å². The molecule has 0 aromatic heterocycles. The van der Waals surface area contributed by atoms with Crippen LogP contribution in [0.15, 0.2) is 16.6 Å². The Balaban J connectivity index is 1.86. The van der Waals surface area contributed by atoms with Crippen LogP contribution in [-0.4, -0.2) is 44.7 Å². The van der Waals surface area contributed by atoms with Crippen molar-refractivity contribution in [1.82, 2.24) is 5.32 Å². The zero-order chi connectivity index (χ0) is 15.1. The topological polar surface area (TPSA) is 60.0 Å². The number of rotatable bonds is 7. The highest BCUT2D eigenvalue weighted by Gasteiger charge is 2.15. The number of halogens is 1. The van der Waals surface area contributed by atoms with E-state index in [1.807, 2.05) is 12.1 Å². The second-order valence-corrected chi connectivity index (χ2v) is 5.88. The van der Waals surface area contributed by atoms with Gasteiger partial charge in [-0.05, 0) is 46.6 Å². The molecule has 0 bridgehead atoms. The number of nitrogens with one attached hydrogen (secondary N) is 1. The molecule has 1 unspecified atom stereocenters. The number of aliphatic hydroxyl groups is 1. The van der Waals surface area contributed by atoms with Crippen LogP contribution in [0.5, 0.6) is 11.5 Å². The van der Waals surface area contributed by atoms with Gasteiger partial charge >= 0.3 is 0 Å². The molecule has 1 aliphatic rings. The molecule has 118 valence electrons. The van der Waals surface area contributed by atoms with Crippen LogP contribution in [0.4, 0.5) is 0 Å². The van der Waals surface area contributed by atoms with Crippen LogP contribution in [0.1, 0.15) is 18.4 Å². The van der Waals surface area contributed by atoms with E-state index in [1.54, 1.807) is 7.11 Å². The fraction of sp³-hybridized carbons (Fsp3) is 0.600. The molecule has 21 heavy (non-hydrogen) atoms. The van der Waals surface area contributed by atoms with Crippen molar-refractivity contribution in [3.05, 3.63) is 22.2 Å². The molecule has 1 atom stereocenters. The lowest BCUT2D eigenvalue weighted by atomic mass is 10.2. The SMILES string of the molecule is COCC(O)CCNCc1cc(Br)c2c(c1)OCCCO2. The van der Waals surface area contributed by atoms with Crippen molar-refractivity contribution in [3.63, 3.8) is 0 Å². The average Bonchev–Trinajstić information content (AvgIpc) is 2.70. The number of ether oxygens (including phenoxy) is 3. The van der Waals surface area contributed by atoms with E-state index in [0.29, 0.717) is 26.2 Å². The molecule has 6 heteroatoms. The van der Waals surface area contributed by atoms with E-state index in [-0.39, 0.29) is 0 Å². The summed E-state index contributed by atoms with van der Waals surface area (Å²) in [5.41, 5.74) is 1.12. The third kappa shape index (κ3) is 5.14. The highest BCUT2D eigenvalue weighted by atomic mass is 79.9. The molecule has 0 amide bonds. The summed E-state index contributed by atoms with van der Waals surface area (Å²) >= 11 is 3.53. The molecular weight excluding hydrogens is 338 g/mol. The van der Waals surface area contributed by atoms with E-state index in [2.05, 4.69) is 21.2 Å². The van der Waals surface area contributed by atoms with Crippen molar-refractivity contribution in [2.75, 3.05) is 33.5 Å². The number of benzene rings is 1. The second-order valence-electron chi connectivity index (χ2n) is 5.03. The van der Waals surface area contributed by atoms with Crippen LogP contribution in [0.2, 0.25) is 0 Å². The molecule has 1 heterocycles. The van der Waals surface area contributed by atoms with E-state index >= 15 is 0 Å². The van der Waals surface area contributed by atoms with Crippen LogP contribution in [0.3, 0.4) is 0 Å². The summed E-state index contributed by atoms with van der Waals surface area (Å²) in [6, 6.07) is 4.04. The first kappa shape index (κ1) is 16.5. The lowest BCUT2D eigenvalue weighted by molar-refractivity contribution is 0.0594. The Morgan fingerprint density at radius 3 is 3.00 bits per heavy atom. The summed E-state index contributed by atoms with van der Waals surface area (Å²) in [5, 5.41) is 12.9. The Kier molecular flexibility index (Phi) is 6.76. The van der Waals surface area contributed by atoms with Crippen molar-refractivity contribution in [2.24, 2.45) is 0 Å². The largest absolute Gasteiger partial charge is 0.490 e. The van der Waals surface area contributed by atoms with Crippen molar-refractivity contribution >= 4 is 15.9 Å². The van der Waals surface area contributed by atoms with Crippen molar-refractivity contribution in [3.8, 4) is 11.5 Å². The summed E-state index contributed by atoms with van der Waals surface area (Å²) in [4.78, 5) is 0. The smallest absolute Gasteiger partial charge is 0.175 e. The molecule has 1 aromatic rings. The summed E-state index contributed by atoms with van der Waals surface area (Å²) in [6.07, 6.45) is 1.14. The molecule has 2 N–H and O–H groups in total. The van der Waals surface area contributed by atoms with Crippen molar-refractivity contribution < 1.29 is 19.3 Å². The van der Waals surface area contributed by atoms with E-state index in [1.165, 1.54) is 0 Å². The normalized spacial score (nSPS) is 15.6. The second kappa shape index (κ2) is 8.58. The molecule has 0 radical (unpaired) electrons. The van der Waals surface area contributed by atoms with Gasteiger partial charge in [-0.3, -0.25) is 0 Å². The van der Waals surface area contributed by atoms with Gasteiger partial charge in [0.05, 0.1) is 30.4 Å². The monoisotopic (exact) mass is 359 g/mol. The Hall–Kier alpha value is -0.820. The molecule has 2 rings (SSSR count). The molecule has 0 saturated carbocycles. The van der Waals surface area contributed by atoms with Gasteiger partial charge in [-0.2, -0.15) is 0 Å². The lowest BCUT2D eigenvalue weighted by Gasteiger charge is -2.13. The third-order valence-corrected chi connectivity index (χ3v) is 3.79. The first-order valence-electron chi connectivity index (χ1n) is 7.16. The van der Waals surface area contributed by atoms with Crippen LogP contribution >= 0.6 is 15.9 Å². The summed E-state index contributed by atoms with van der Waals surface area (Å²) in [5.74, 6) is 1.57. The van der Waals surface area contributed by atoms with Gasteiger partial charge in [0.25, 0.3) is 0 Å². The van der Waals surface area contributed by atoms with Crippen LogP contribution in [0.25, 0.3) is 0 Å². The predicted molar refractivity (Wildman–Crippen MR) is 84.0 cm³/mol. The summed E-state index contributed by atoms with van der Waals surface area (Å²) in [7, 11) is 1.59. The maximum absolute atomic E-state index is 9.57. The maximum atomic E-state index is 9.57. The molecule has 0 fully saturated rings. The van der Waals surface area contributed by atoms with Gasteiger partial charge < -0.3 is 24.6 Å². The average molecular weight is 360 g/mol. The van der Waals surface area contributed by atoms with Gasteiger partial charge in [-0.25, -0.2) is 0 Å². The third-order valence-electron chi connectivity index (χ3n) is 3.20. The van der Waals surface area contributed by atoms with Crippen LogP contribution in [-0.2, 0) is 11.3 Å². The number of fused-ring (bicyclic) bond motifs is 1. The fourth-order valence-electron chi connectivity index (χ4n) is 2.16. The highest BCUT2D eigenvalue weighted by Crippen LogP contribution is 2.38. The number of hydrogen-bond donors (Lipinski definition) is 2. The van der Waals surface area contributed by atoms with Gasteiger partial charge in [0.2, 0.25) is 0 Å². The number of methoxy groups -OCH3 is 1. The minimum Gasteiger partial charge on any atom is -0.490 e. The molecule has 0 saturated heterocycles. The van der Waals surface area contributed by atoms with Crippen molar-refractivity contribution in [1.29, 1.82) is 0 Å². The number of aliphatic hydroxyl groups excluding tert-OH is 1. The zero-order valence-corrected chi connectivity index (χ0v) is 13.8. The predicted octanol–water partition coefficient (Wildman–Crippen LogP) is 2.10. The van der Waals surface area contributed by atoms with Gasteiger partial charge in [0.1, 0.15) is 0 Å². The summed E-state index contributed by atoms with van der Waals surface area (Å²) < 4.78 is 17.2. The van der Waals surface area contributed by atoms with Crippen LogP contribution < -0.4 is 14.8 Å². The standard InChI is InChI=1S/C15H22BrNO4/c1-19-10-12(18)3-4-17-9-11-7-13(16)15-14(8-11)20-5-2-6-21-15/h7-8,12,17-18H,2-6,9-10H2,1H3. The Bertz CT molecular complexity index is 456. The first-order valence-corrected chi connectivity index (χ1v) is 7.95. The lowest BCUT2D eigenvalue weighted by Crippen LogP contribution is -2.23. The highest BCUT2D eigenvalue weighted by molar-refractivity contribution is 9.10. The van der Waals surface area contributed by atoms with Gasteiger partial charge in [0, 0.05) is 20.1 Å².